The zero-order valence-corrected chi connectivity index (χ0v) is 24.3. The van der Waals surface area contributed by atoms with Gasteiger partial charge in [-0.2, -0.15) is 5.10 Å². The van der Waals surface area contributed by atoms with Crippen molar-refractivity contribution in [3.63, 3.8) is 0 Å². The summed E-state index contributed by atoms with van der Waals surface area (Å²) in [7, 11) is 0. The highest BCUT2D eigenvalue weighted by Gasteiger charge is 2.17. The van der Waals surface area contributed by atoms with E-state index in [0.29, 0.717) is 31.4 Å². The van der Waals surface area contributed by atoms with Crippen molar-refractivity contribution in [1.82, 2.24) is 5.43 Å². The Labute approximate surface area is 247 Å². The summed E-state index contributed by atoms with van der Waals surface area (Å²) >= 11 is 6.84. The molecule has 0 unspecified atom stereocenters. The molecule has 0 aromatic heterocycles. The fourth-order valence-corrected chi connectivity index (χ4v) is 5.05. The van der Waals surface area contributed by atoms with Gasteiger partial charge in [0, 0.05) is 0 Å². The van der Waals surface area contributed by atoms with E-state index < -0.39 is 17.8 Å². The minimum absolute atomic E-state index is 0.00538. The molecule has 0 aliphatic carbocycles. The fraction of sp³-hybridized carbons (Fsp3) is 0.0667. The van der Waals surface area contributed by atoms with Crippen molar-refractivity contribution >= 4 is 55.9 Å². The number of nitrogens with one attached hydrogen (secondary N) is 1. The van der Waals surface area contributed by atoms with Gasteiger partial charge in [-0.3, -0.25) is 4.79 Å². The molecule has 0 radical (unpaired) electrons. The van der Waals surface area contributed by atoms with Crippen LogP contribution in [-0.2, 0) is 4.79 Å². The molecular formula is C30H22Br2N2O6. The second-order valence-electron chi connectivity index (χ2n) is 8.36. The maximum Gasteiger partial charge on any atom is 0.343 e. The zero-order chi connectivity index (χ0) is 28.5. The normalized spacial score (nSPS) is 10.7. The quantitative estimate of drug-likeness (QED) is 0.0949. The van der Waals surface area contributed by atoms with Crippen LogP contribution in [0.1, 0.15) is 31.8 Å². The summed E-state index contributed by atoms with van der Waals surface area (Å²) < 4.78 is 18.1. The Kier molecular flexibility index (Phi) is 9.82. The molecule has 0 spiro atoms. The molecule has 0 aliphatic heterocycles. The average Bonchev–Trinajstić information content (AvgIpc) is 2.94. The number of ether oxygens (including phenoxy) is 3. The lowest BCUT2D eigenvalue weighted by Crippen LogP contribution is -2.24. The number of amides is 1. The van der Waals surface area contributed by atoms with Gasteiger partial charge in [0.25, 0.3) is 5.91 Å². The van der Waals surface area contributed by atoms with Gasteiger partial charge in [-0.25, -0.2) is 15.0 Å². The van der Waals surface area contributed by atoms with Gasteiger partial charge in [-0.15, -0.1) is 0 Å². The number of carbonyl (C=O) groups excluding carboxylic acids is 3. The van der Waals surface area contributed by atoms with Crippen LogP contribution < -0.4 is 19.6 Å². The smallest absolute Gasteiger partial charge is 0.343 e. The third kappa shape index (κ3) is 7.87. The Bertz CT molecular complexity index is 1540. The molecule has 4 aromatic carbocycles. The largest absolute Gasteiger partial charge is 0.481 e. The van der Waals surface area contributed by atoms with Crippen LogP contribution in [-0.4, -0.2) is 30.7 Å². The van der Waals surface area contributed by atoms with Gasteiger partial charge in [0.1, 0.15) is 5.75 Å². The van der Waals surface area contributed by atoms with Crippen LogP contribution >= 0.6 is 31.9 Å². The summed E-state index contributed by atoms with van der Waals surface area (Å²) in [5.41, 5.74) is 4.54. The maximum absolute atomic E-state index is 12.7. The minimum atomic E-state index is -0.634. The van der Waals surface area contributed by atoms with Crippen molar-refractivity contribution in [2.45, 2.75) is 6.92 Å². The summed E-state index contributed by atoms with van der Waals surface area (Å²) in [4.78, 5) is 37.6. The van der Waals surface area contributed by atoms with E-state index in [1.165, 1.54) is 18.3 Å². The second-order valence-corrected chi connectivity index (χ2v) is 10.1. The van der Waals surface area contributed by atoms with E-state index in [1.54, 1.807) is 66.7 Å². The number of hydrogen-bond acceptors (Lipinski definition) is 7. The fourth-order valence-electron chi connectivity index (χ4n) is 3.41. The first kappa shape index (κ1) is 28.7. The van der Waals surface area contributed by atoms with Crippen LogP contribution in [0.25, 0.3) is 0 Å². The van der Waals surface area contributed by atoms with Crippen molar-refractivity contribution in [2.24, 2.45) is 5.10 Å². The molecule has 0 aliphatic rings. The highest BCUT2D eigenvalue weighted by Crippen LogP contribution is 2.34. The predicted octanol–water partition coefficient (Wildman–Crippen LogP) is 6.49. The number of aryl methyl sites for hydroxylation is 1. The van der Waals surface area contributed by atoms with Crippen molar-refractivity contribution in [2.75, 3.05) is 6.61 Å². The molecule has 1 amide bonds. The number of nitrogens with zero attached hydrogens (tertiary/aromatic N) is 1. The molecule has 0 bridgehead atoms. The third-order valence-electron chi connectivity index (χ3n) is 5.29. The van der Waals surface area contributed by atoms with E-state index in [9.17, 15) is 14.4 Å². The first-order chi connectivity index (χ1) is 19.3. The van der Waals surface area contributed by atoms with Gasteiger partial charge < -0.3 is 14.2 Å². The van der Waals surface area contributed by atoms with Gasteiger partial charge in [-0.05, 0) is 105 Å². The Morgan fingerprint density at radius 1 is 0.775 bits per heavy atom. The second kappa shape index (κ2) is 13.7. The number of carbonyl (C=O) groups is 3. The Hall–Kier alpha value is -4.28. The van der Waals surface area contributed by atoms with Crippen LogP contribution in [0.5, 0.6) is 17.2 Å². The minimum Gasteiger partial charge on any atom is -0.481 e. The number of rotatable bonds is 9. The van der Waals surface area contributed by atoms with Crippen molar-refractivity contribution in [3.8, 4) is 17.2 Å². The first-order valence-electron chi connectivity index (χ1n) is 11.9. The SMILES string of the molecule is Cc1cc(Br)c(OCC(=O)N/N=C\c2ccc(OC(=O)c3ccccc3)c(OC(=O)c3ccccc3)c2)c(Br)c1. The molecule has 0 saturated heterocycles. The van der Waals surface area contributed by atoms with Gasteiger partial charge in [-0.1, -0.05) is 36.4 Å². The van der Waals surface area contributed by atoms with E-state index in [0.717, 1.165) is 5.56 Å². The van der Waals surface area contributed by atoms with Gasteiger partial charge in [0.2, 0.25) is 0 Å². The Morgan fingerprint density at radius 2 is 1.32 bits per heavy atom. The lowest BCUT2D eigenvalue weighted by molar-refractivity contribution is -0.123. The van der Waals surface area contributed by atoms with E-state index >= 15 is 0 Å². The van der Waals surface area contributed by atoms with Crippen molar-refractivity contribution < 1.29 is 28.6 Å². The number of benzene rings is 4. The van der Waals surface area contributed by atoms with Crippen molar-refractivity contribution in [3.05, 3.63) is 122 Å². The molecule has 0 saturated carbocycles. The molecule has 0 fully saturated rings. The summed E-state index contributed by atoms with van der Waals surface area (Å²) in [5.74, 6) is -1.19. The number of hydrazone groups is 1. The van der Waals surface area contributed by atoms with E-state index in [4.69, 9.17) is 14.2 Å². The van der Waals surface area contributed by atoms with Gasteiger partial charge >= 0.3 is 11.9 Å². The highest BCUT2D eigenvalue weighted by atomic mass is 79.9. The van der Waals surface area contributed by atoms with E-state index in [-0.39, 0.29) is 18.1 Å². The number of hydrogen-bond donors (Lipinski definition) is 1. The third-order valence-corrected chi connectivity index (χ3v) is 6.46. The molecule has 0 heterocycles. The summed E-state index contributed by atoms with van der Waals surface area (Å²) in [5, 5.41) is 3.95. The molecule has 202 valence electrons. The summed E-state index contributed by atoms with van der Waals surface area (Å²) in [6.45, 7) is 1.67. The Balaban J connectivity index is 1.46. The standard InChI is InChI=1S/C30H22Br2N2O6/c1-19-14-23(31)28(24(32)15-19)38-18-27(35)34-33-17-20-12-13-25(39-29(36)21-8-4-2-5-9-21)26(16-20)40-30(37)22-10-6-3-7-11-22/h2-17H,18H2,1H3,(H,34,35)/b33-17-. The van der Waals surface area contributed by atoms with Crippen LogP contribution in [0.3, 0.4) is 0 Å². The molecule has 10 heteroatoms. The van der Waals surface area contributed by atoms with Crippen LogP contribution in [0.2, 0.25) is 0 Å². The lowest BCUT2D eigenvalue weighted by atomic mass is 10.2. The molecule has 4 rings (SSSR count). The van der Waals surface area contributed by atoms with E-state index in [1.807, 2.05) is 19.1 Å². The van der Waals surface area contributed by atoms with Crippen molar-refractivity contribution in [1.29, 1.82) is 0 Å². The predicted molar refractivity (Wildman–Crippen MR) is 157 cm³/mol. The van der Waals surface area contributed by atoms with Crippen LogP contribution in [0.4, 0.5) is 0 Å². The van der Waals surface area contributed by atoms with Gasteiger partial charge in [0.05, 0.1) is 26.3 Å². The highest BCUT2D eigenvalue weighted by molar-refractivity contribution is 9.11. The monoisotopic (exact) mass is 664 g/mol. The molecule has 1 N–H and O–H groups in total. The first-order valence-corrected chi connectivity index (χ1v) is 13.5. The number of esters is 2. The van der Waals surface area contributed by atoms with Crippen LogP contribution in [0, 0.1) is 6.92 Å². The lowest BCUT2D eigenvalue weighted by Gasteiger charge is -2.12. The molecule has 4 aromatic rings. The topological polar surface area (TPSA) is 103 Å². The average molecular weight is 666 g/mol. The maximum atomic E-state index is 12.7. The summed E-state index contributed by atoms with van der Waals surface area (Å²) in [6.07, 6.45) is 1.36. The summed E-state index contributed by atoms with van der Waals surface area (Å²) in [6, 6.07) is 25.1. The Morgan fingerprint density at radius 3 is 1.90 bits per heavy atom. The molecule has 8 nitrogen and oxygen atoms in total. The van der Waals surface area contributed by atoms with Crippen LogP contribution in [0.15, 0.2) is 105 Å². The number of halogens is 2. The molecule has 0 atom stereocenters. The molecular weight excluding hydrogens is 644 g/mol. The zero-order valence-electron chi connectivity index (χ0n) is 21.1. The van der Waals surface area contributed by atoms with E-state index in [2.05, 4.69) is 42.4 Å². The van der Waals surface area contributed by atoms with Gasteiger partial charge in [0.15, 0.2) is 18.1 Å². The molecule has 40 heavy (non-hydrogen) atoms.